The van der Waals surface area contributed by atoms with Gasteiger partial charge in [-0.1, -0.05) is 0 Å². The maximum Gasteiger partial charge on any atom is 0.270 e. The molecule has 2 aliphatic heterocycles. The van der Waals surface area contributed by atoms with E-state index in [1.807, 2.05) is 18.2 Å². The van der Waals surface area contributed by atoms with E-state index in [-0.39, 0.29) is 5.91 Å². The van der Waals surface area contributed by atoms with Gasteiger partial charge in [-0.25, -0.2) is 4.98 Å². The van der Waals surface area contributed by atoms with E-state index in [0.717, 1.165) is 41.6 Å². The molecular weight excluding hydrogens is 338 g/mol. The van der Waals surface area contributed by atoms with Gasteiger partial charge in [0.25, 0.3) is 5.91 Å². The van der Waals surface area contributed by atoms with Gasteiger partial charge in [0.2, 0.25) is 0 Å². The van der Waals surface area contributed by atoms with Crippen molar-refractivity contribution in [3.8, 4) is 22.1 Å². The molecule has 132 valence electrons. The van der Waals surface area contributed by atoms with Gasteiger partial charge in [0, 0.05) is 17.5 Å². The minimum atomic E-state index is -0.106. The van der Waals surface area contributed by atoms with Crippen LogP contribution in [0.25, 0.3) is 10.6 Å². The van der Waals surface area contributed by atoms with E-state index in [4.69, 9.17) is 9.47 Å². The number of fused-ring (bicyclic) bond motifs is 1. The van der Waals surface area contributed by atoms with Crippen LogP contribution in [0.3, 0.4) is 0 Å². The van der Waals surface area contributed by atoms with Crippen molar-refractivity contribution >= 4 is 17.2 Å². The van der Waals surface area contributed by atoms with Crippen molar-refractivity contribution in [2.24, 2.45) is 5.92 Å². The third kappa shape index (κ3) is 3.77. The highest BCUT2D eigenvalue weighted by atomic mass is 32.1. The number of thiazole rings is 1. The van der Waals surface area contributed by atoms with Crippen molar-refractivity contribution in [3.63, 3.8) is 0 Å². The SMILES string of the molecule is O=C(NCCC1CCNC1)c1csc(-c2ccc3c(c2)OCCO3)n1. The monoisotopic (exact) mass is 359 g/mol. The number of nitrogens with one attached hydrogen (secondary N) is 2. The van der Waals surface area contributed by atoms with Gasteiger partial charge in [-0.2, -0.15) is 0 Å². The van der Waals surface area contributed by atoms with Crippen LogP contribution in [0, 0.1) is 5.92 Å². The second kappa shape index (κ2) is 7.41. The zero-order chi connectivity index (χ0) is 17.1. The fourth-order valence-electron chi connectivity index (χ4n) is 3.13. The normalized spacial score (nSPS) is 19.0. The number of hydrogen-bond acceptors (Lipinski definition) is 6. The van der Waals surface area contributed by atoms with E-state index in [1.54, 1.807) is 5.38 Å². The average Bonchev–Trinajstić information content (AvgIpc) is 3.33. The second-order valence-corrected chi connectivity index (χ2v) is 7.16. The summed E-state index contributed by atoms with van der Waals surface area (Å²) < 4.78 is 11.1. The van der Waals surface area contributed by atoms with Crippen LogP contribution in [-0.2, 0) is 0 Å². The summed E-state index contributed by atoms with van der Waals surface area (Å²) in [6.07, 6.45) is 2.21. The molecule has 2 aliphatic rings. The molecule has 1 amide bonds. The molecule has 25 heavy (non-hydrogen) atoms. The lowest BCUT2D eigenvalue weighted by atomic mass is 10.1. The van der Waals surface area contributed by atoms with E-state index in [2.05, 4.69) is 15.6 Å². The van der Waals surface area contributed by atoms with Crippen LogP contribution in [0.15, 0.2) is 23.6 Å². The van der Waals surface area contributed by atoms with Crippen LogP contribution in [0.2, 0.25) is 0 Å². The number of amides is 1. The summed E-state index contributed by atoms with van der Waals surface area (Å²) in [6.45, 7) is 3.97. The number of benzene rings is 1. The van der Waals surface area contributed by atoms with E-state index in [0.29, 0.717) is 31.4 Å². The molecule has 0 spiro atoms. The second-order valence-electron chi connectivity index (χ2n) is 6.30. The number of nitrogens with zero attached hydrogens (tertiary/aromatic N) is 1. The Balaban J connectivity index is 1.38. The molecule has 0 aliphatic carbocycles. The first-order valence-corrected chi connectivity index (χ1v) is 9.52. The Morgan fingerprint density at radius 2 is 2.20 bits per heavy atom. The van der Waals surface area contributed by atoms with Crippen molar-refractivity contribution in [1.29, 1.82) is 0 Å². The molecule has 1 aromatic carbocycles. The third-order valence-corrected chi connectivity index (χ3v) is 5.42. The summed E-state index contributed by atoms with van der Waals surface area (Å²) >= 11 is 1.46. The Labute approximate surface area is 150 Å². The van der Waals surface area contributed by atoms with Gasteiger partial charge >= 0.3 is 0 Å². The first-order chi connectivity index (χ1) is 12.3. The van der Waals surface area contributed by atoms with Crippen molar-refractivity contribution in [1.82, 2.24) is 15.6 Å². The Kier molecular flexibility index (Phi) is 4.85. The highest BCUT2D eigenvalue weighted by Gasteiger charge is 2.17. The van der Waals surface area contributed by atoms with Crippen LogP contribution < -0.4 is 20.1 Å². The zero-order valence-electron chi connectivity index (χ0n) is 13.9. The molecule has 3 heterocycles. The molecule has 7 heteroatoms. The highest BCUT2D eigenvalue weighted by Crippen LogP contribution is 2.35. The predicted molar refractivity (Wildman–Crippen MR) is 96.5 cm³/mol. The zero-order valence-corrected chi connectivity index (χ0v) is 14.7. The summed E-state index contributed by atoms with van der Waals surface area (Å²) in [5.74, 6) is 2.05. The Morgan fingerprint density at radius 3 is 3.04 bits per heavy atom. The molecule has 0 bridgehead atoms. The Hall–Kier alpha value is -2.12. The smallest absolute Gasteiger partial charge is 0.270 e. The lowest BCUT2D eigenvalue weighted by molar-refractivity contribution is 0.0947. The van der Waals surface area contributed by atoms with E-state index in [9.17, 15) is 4.79 Å². The van der Waals surface area contributed by atoms with Crippen LogP contribution in [0.4, 0.5) is 0 Å². The number of rotatable bonds is 5. The first-order valence-electron chi connectivity index (χ1n) is 8.64. The predicted octanol–water partition coefficient (Wildman–Crippen LogP) is 2.31. The van der Waals surface area contributed by atoms with Crippen LogP contribution >= 0.6 is 11.3 Å². The van der Waals surface area contributed by atoms with Gasteiger partial charge in [-0.05, 0) is 50.0 Å². The summed E-state index contributed by atoms with van der Waals surface area (Å²) in [7, 11) is 0. The standard InChI is InChI=1S/C18H21N3O3S/c22-17(20-6-4-12-3-5-19-10-12)14-11-25-18(21-14)13-1-2-15-16(9-13)24-8-7-23-15/h1-2,9,11-12,19H,3-8,10H2,(H,20,22). The van der Waals surface area contributed by atoms with Gasteiger partial charge in [0.1, 0.15) is 23.9 Å². The average molecular weight is 359 g/mol. The molecule has 1 aromatic heterocycles. The summed E-state index contributed by atoms with van der Waals surface area (Å²) in [6, 6.07) is 5.75. The minimum Gasteiger partial charge on any atom is -0.486 e. The van der Waals surface area contributed by atoms with Gasteiger partial charge < -0.3 is 20.1 Å². The molecule has 0 radical (unpaired) electrons. The lowest BCUT2D eigenvalue weighted by Gasteiger charge is -2.18. The van der Waals surface area contributed by atoms with Crippen molar-refractivity contribution < 1.29 is 14.3 Å². The molecule has 2 N–H and O–H groups in total. The number of hydrogen-bond donors (Lipinski definition) is 2. The molecule has 1 unspecified atom stereocenters. The van der Waals surface area contributed by atoms with E-state index in [1.165, 1.54) is 17.8 Å². The van der Waals surface area contributed by atoms with E-state index >= 15 is 0 Å². The molecular formula is C18H21N3O3S. The van der Waals surface area contributed by atoms with Gasteiger partial charge in [0.05, 0.1) is 0 Å². The lowest BCUT2D eigenvalue weighted by Crippen LogP contribution is -2.26. The molecule has 4 rings (SSSR count). The number of aromatic nitrogens is 1. The molecule has 6 nitrogen and oxygen atoms in total. The van der Waals surface area contributed by atoms with Crippen LogP contribution in [0.1, 0.15) is 23.3 Å². The summed E-state index contributed by atoms with van der Waals surface area (Å²) in [5, 5.41) is 8.93. The van der Waals surface area contributed by atoms with Gasteiger partial charge in [-0.3, -0.25) is 4.79 Å². The maximum absolute atomic E-state index is 12.3. The third-order valence-electron chi connectivity index (χ3n) is 4.53. The number of carbonyl (C=O) groups is 1. The largest absolute Gasteiger partial charge is 0.486 e. The topological polar surface area (TPSA) is 72.5 Å². The molecule has 2 aromatic rings. The Bertz CT molecular complexity index is 756. The Morgan fingerprint density at radius 1 is 1.32 bits per heavy atom. The minimum absolute atomic E-state index is 0.106. The maximum atomic E-state index is 12.3. The molecule has 1 fully saturated rings. The van der Waals surface area contributed by atoms with Crippen molar-refractivity contribution in [2.45, 2.75) is 12.8 Å². The number of carbonyl (C=O) groups excluding carboxylic acids is 1. The van der Waals surface area contributed by atoms with Gasteiger partial charge in [-0.15, -0.1) is 11.3 Å². The summed E-state index contributed by atoms with van der Waals surface area (Å²) in [5.41, 5.74) is 1.41. The first kappa shape index (κ1) is 16.4. The summed E-state index contributed by atoms with van der Waals surface area (Å²) in [4.78, 5) is 16.7. The molecule has 1 atom stereocenters. The molecule has 1 saturated heterocycles. The fraction of sp³-hybridized carbons (Fsp3) is 0.444. The quantitative estimate of drug-likeness (QED) is 0.857. The van der Waals surface area contributed by atoms with Crippen molar-refractivity contribution in [2.75, 3.05) is 32.8 Å². The number of ether oxygens (including phenoxy) is 2. The van der Waals surface area contributed by atoms with Crippen molar-refractivity contribution in [3.05, 3.63) is 29.3 Å². The van der Waals surface area contributed by atoms with Crippen LogP contribution in [-0.4, -0.2) is 43.7 Å². The van der Waals surface area contributed by atoms with Crippen LogP contribution in [0.5, 0.6) is 11.5 Å². The van der Waals surface area contributed by atoms with E-state index < -0.39 is 0 Å². The van der Waals surface area contributed by atoms with Gasteiger partial charge in [0.15, 0.2) is 11.5 Å². The highest BCUT2D eigenvalue weighted by molar-refractivity contribution is 7.13. The molecule has 0 saturated carbocycles. The fourth-order valence-corrected chi connectivity index (χ4v) is 3.93.